The molecule has 0 fully saturated rings. The number of hydrogen-bond acceptors (Lipinski definition) is 3. The minimum absolute atomic E-state index is 0.987. The topological polar surface area (TPSA) is 50.1 Å². The molecule has 3 heteroatoms. The monoisotopic (exact) mass is 141 g/mol. The van der Waals surface area contributed by atoms with Crippen LogP contribution in [0.4, 0.5) is 0 Å². The molecule has 0 aromatic heterocycles. The van der Waals surface area contributed by atoms with Gasteiger partial charge in [0.1, 0.15) is 0 Å². The summed E-state index contributed by atoms with van der Waals surface area (Å²) >= 11 is 0. The molecule has 4 N–H and O–H groups in total. The Morgan fingerprint density at radius 2 is 2.10 bits per heavy atom. The van der Waals surface area contributed by atoms with Gasteiger partial charge in [-0.2, -0.15) is 0 Å². The molecule has 0 amide bonds. The summed E-state index contributed by atoms with van der Waals surface area (Å²) < 4.78 is 0. The van der Waals surface area contributed by atoms with E-state index < -0.39 is 0 Å². The highest BCUT2D eigenvalue weighted by Gasteiger charge is 2.11. The zero-order valence-corrected chi connectivity index (χ0v) is 6.41. The van der Waals surface area contributed by atoms with Crippen LogP contribution in [-0.4, -0.2) is 6.54 Å². The Bertz CT molecular complexity index is 140. The van der Waals surface area contributed by atoms with Gasteiger partial charge in [-0.1, -0.05) is 0 Å². The molecule has 3 nitrogen and oxygen atoms in total. The van der Waals surface area contributed by atoms with Gasteiger partial charge in [0.15, 0.2) is 0 Å². The molecule has 1 aliphatic carbocycles. The van der Waals surface area contributed by atoms with Crippen LogP contribution >= 0.6 is 0 Å². The van der Waals surface area contributed by atoms with Crippen molar-refractivity contribution in [1.82, 2.24) is 10.7 Å². The summed E-state index contributed by atoms with van der Waals surface area (Å²) in [5.41, 5.74) is 5.19. The van der Waals surface area contributed by atoms with Crippen LogP contribution in [0.15, 0.2) is 11.4 Å². The van der Waals surface area contributed by atoms with Crippen molar-refractivity contribution in [3.05, 3.63) is 11.4 Å². The maximum Gasteiger partial charge on any atom is 0.0448 e. The van der Waals surface area contributed by atoms with Crippen LogP contribution in [-0.2, 0) is 0 Å². The fraction of sp³-hybridized carbons (Fsp3) is 0.714. The third kappa shape index (κ3) is 1.42. The molecule has 0 bridgehead atoms. The number of hydrazine groups is 1. The number of nitrogens with one attached hydrogen (secondary N) is 2. The second-order valence-electron chi connectivity index (χ2n) is 2.49. The quantitative estimate of drug-likeness (QED) is 0.395. The third-order valence-electron chi connectivity index (χ3n) is 1.78. The lowest BCUT2D eigenvalue weighted by Crippen LogP contribution is -2.24. The van der Waals surface area contributed by atoms with E-state index in [1.165, 1.54) is 17.8 Å². The first-order valence-corrected chi connectivity index (χ1v) is 3.81. The Labute approximate surface area is 61.6 Å². The number of allylic oxidation sites excluding steroid dienone is 2. The lowest BCUT2D eigenvalue weighted by Gasteiger charge is -2.06. The van der Waals surface area contributed by atoms with Crippen molar-refractivity contribution in [3.8, 4) is 0 Å². The summed E-state index contributed by atoms with van der Waals surface area (Å²) in [4.78, 5) is 0. The minimum Gasteiger partial charge on any atom is -0.387 e. The van der Waals surface area contributed by atoms with E-state index in [-0.39, 0.29) is 0 Å². The minimum atomic E-state index is 0.987. The predicted octanol–water partition coefficient (Wildman–Crippen LogP) is 0.455. The van der Waals surface area contributed by atoms with Crippen molar-refractivity contribution in [2.45, 2.75) is 26.2 Å². The fourth-order valence-electron chi connectivity index (χ4n) is 1.31. The highest BCUT2D eigenvalue weighted by Crippen LogP contribution is 2.20. The van der Waals surface area contributed by atoms with Gasteiger partial charge >= 0.3 is 0 Å². The van der Waals surface area contributed by atoms with E-state index in [9.17, 15) is 0 Å². The molecule has 0 saturated carbocycles. The molecule has 58 valence electrons. The molecule has 0 spiro atoms. The Hall–Kier alpha value is -0.700. The van der Waals surface area contributed by atoms with Crippen molar-refractivity contribution in [2.75, 3.05) is 6.54 Å². The molecule has 10 heavy (non-hydrogen) atoms. The molecule has 0 heterocycles. The summed E-state index contributed by atoms with van der Waals surface area (Å²) in [6.45, 7) is 3.08. The number of nitrogens with two attached hydrogens (primary N) is 1. The predicted molar refractivity (Wildman–Crippen MR) is 41.9 cm³/mol. The molecule has 0 aliphatic heterocycles. The van der Waals surface area contributed by atoms with Crippen LogP contribution in [0.2, 0.25) is 0 Å². The van der Waals surface area contributed by atoms with Crippen LogP contribution in [0.5, 0.6) is 0 Å². The largest absolute Gasteiger partial charge is 0.387 e. The average molecular weight is 141 g/mol. The van der Waals surface area contributed by atoms with E-state index in [2.05, 4.69) is 17.7 Å². The standard InChI is InChI=1S/C7H15N3/c1-2-9-6-4-3-5-7(6)10-8/h9-10H,2-5,8H2,1H3. The molecule has 0 aromatic carbocycles. The molecule has 1 rings (SSSR count). The van der Waals surface area contributed by atoms with Crippen LogP contribution < -0.4 is 16.6 Å². The molecule has 0 atom stereocenters. The Kier molecular flexibility index (Phi) is 2.57. The summed E-state index contributed by atoms with van der Waals surface area (Å²) in [5, 5.41) is 3.28. The van der Waals surface area contributed by atoms with E-state index >= 15 is 0 Å². The highest BCUT2D eigenvalue weighted by molar-refractivity contribution is 5.15. The summed E-state index contributed by atoms with van der Waals surface area (Å²) in [7, 11) is 0. The Balaban J connectivity index is 2.50. The van der Waals surface area contributed by atoms with Crippen molar-refractivity contribution < 1.29 is 0 Å². The van der Waals surface area contributed by atoms with E-state index in [0.29, 0.717) is 0 Å². The van der Waals surface area contributed by atoms with E-state index in [1.807, 2.05) is 0 Å². The first-order valence-electron chi connectivity index (χ1n) is 3.81. The van der Waals surface area contributed by atoms with Crippen molar-refractivity contribution in [3.63, 3.8) is 0 Å². The molecule has 0 saturated heterocycles. The second kappa shape index (κ2) is 3.46. The van der Waals surface area contributed by atoms with Crippen molar-refractivity contribution in [1.29, 1.82) is 0 Å². The summed E-state index contributed by atoms with van der Waals surface area (Å²) in [5.74, 6) is 5.31. The first-order chi connectivity index (χ1) is 4.88. The molecular formula is C7H15N3. The lowest BCUT2D eigenvalue weighted by molar-refractivity contribution is 0.781. The van der Waals surface area contributed by atoms with Crippen molar-refractivity contribution in [2.24, 2.45) is 5.84 Å². The zero-order chi connectivity index (χ0) is 7.40. The Morgan fingerprint density at radius 1 is 1.40 bits per heavy atom. The maximum atomic E-state index is 5.31. The number of hydrogen-bond donors (Lipinski definition) is 3. The van der Waals surface area contributed by atoms with Gasteiger partial charge in [0.25, 0.3) is 0 Å². The molecule has 0 unspecified atom stereocenters. The maximum absolute atomic E-state index is 5.31. The van der Waals surface area contributed by atoms with Crippen LogP contribution in [0.1, 0.15) is 26.2 Å². The summed E-state index contributed by atoms with van der Waals surface area (Å²) in [6.07, 6.45) is 3.47. The fourth-order valence-corrected chi connectivity index (χ4v) is 1.31. The average Bonchev–Trinajstić information content (AvgIpc) is 2.36. The van der Waals surface area contributed by atoms with Gasteiger partial charge in [-0.05, 0) is 26.2 Å². The normalized spacial score (nSPS) is 17.8. The van der Waals surface area contributed by atoms with E-state index in [4.69, 9.17) is 5.84 Å². The summed E-state index contributed by atoms with van der Waals surface area (Å²) in [6, 6.07) is 0. The molecule has 0 radical (unpaired) electrons. The Morgan fingerprint density at radius 3 is 2.70 bits per heavy atom. The van der Waals surface area contributed by atoms with E-state index in [1.54, 1.807) is 0 Å². The van der Waals surface area contributed by atoms with Gasteiger partial charge in [-0.25, -0.2) is 0 Å². The number of rotatable bonds is 3. The highest BCUT2D eigenvalue weighted by atomic mass is 15.2. The lowest BCUT2D eigenvalue weighted by atomic mass is 10.3. The van der Waals surface area contributed by atoms with Gasteiger partial charge in [0.2, 0.25) is 0 Å². The van der Waals surface area contributed by atoms with Gasteiger partial charge in [0, 0.05) is 17.9 Å². The third-order valence-corrected chi connectivity index (χ3v) is 1.78. The van der Waals surface area contributed by atoms with E-state index in [0.717, 1.165) is 19.4 Å². The van der Waals surface area contributed by atoms with Crippen LogP contribution in [0.25, 0.3) is 0 Å². The van der Waals surface area contributed by atoms with Crippen molar-refractivity contribution >= 4 is 0 Å². The van der Waals surface area contributed by atoms with Gasteiger partial charge in [0.05, 0.1) is 0 Å². The van der Waals surface area contributed by atoms with Gasteiger partial charge in [-0.3, -0.25) is 5.84 Å². The smallest absolute Gasteiger partial charge is 0.0448 e. The molecule has 1 aliphatic rings. The van der Waals surface area contributed by atoms with Crippen LogP contribution in [0.3, 0.4) is 0 Å². The van der Waals surface area contributed by atoms with Crippen LogP contribution in [0, 0.1) is 0 Å². The molecule has 0 aromatic rings. The second-order valence-corrected chi connectivity index (χ2v) is 2.49. The van der Waals surface area contributed by atoms with Gasteiger partial charge in [-0.15, -0.1) is 0 Å². The first kappa shape index (κ1) is 7.41. The van der Waals surface area contributed by atoms with Gasteiger partial charge < -0.3 is 10.7 Å². The molecular weight excluding hydrogens is 126 g/mol. The zero-order valence-electron chi connectivity index (χ0n) is 6.41. The SMILES string of the molecule is CCNC1=C(NN)CCC1.